The molecule has 0 aromatic rings. The van der Waals surface area contributed by atoms with Crippen molar-refractivity contribution < 1.29 is 14.9 Å². The van der Waals surface area contributed by atoms with Crippen LogP contribution in [0.25, 0.3) is 0 Å². The lowest BCUT2D eigenvalue weighted by molar-refractivity contribution is -0.280. The van der Waals surface area contributed by atoms with E-state index in [1.165, 1.54) is 0 Å². The number of aliphatic hydroxyl groups is 2. The second-order valence-electron chi connectivity index (χ2n) is 8.10. The highest BCUT2D eigenvalue weighted by Gasteiger charge is 2.64. The largest absolute Gasteiger partial charge is 0.390 e. The summed E-state index contributed by atoms with van der Waals surface area (Å²) >= 11 is 0. The van der Waals surface area contributed by atoms with E-state index in [2.05, 4.69) is 27.7 Å². The molecule has 3 aliphatic rings. The summed E-state index contributed by atoms with van der Waals surface area (Å²) in [6.45, 7) is 13.0. The Morgan fingerprint density at radius 2 is 1.84 bits per heavy atom. The van der Waals surface area contributed by atoms with E-state index in [9.17, 15) is 10.2 Å². The number of fused-ring (bicyclic) bond motifs is 2. The summed E-state index contributed by atoms with van der Waals surface area (Å²) in [5.74, 6) is 1.07. The average Bonchev–Trinajstić information content (AvgIpc) is 2.29. The molecule has 3 nitrogen and oxygen atoms in total. The van der Waals surface area contributed by atoms with Crippen molar-refractivity contribution in [1.29, 1.82) is 0 Å². The minimum absolute atomic E-state index is 0.124. The van der Waals surface area contributed by atoms with Gasteiger partial charge in [-0.2, -0.15) is 0 Å². The lowest BCUT2D eigenvalue weighted by Crippen LogP contribution is -2.69. The van der Waals surface area contributed by atoms with E-state index in [0.717, 1.165) is 6.42 Å². The van der Waals surface area contributed by atoms with Gasteiger partial charge in [0.05, 0.1) is 18.3 Å². The third kappa shape index (κ3) is 2.24. The number of rotatable bonds is 4. The molecule has 3 heteroatoms. The van der Waals surface area contributed by atoms with E-state index in [1.54, 1.807) is 0 Å². The molecule has 0 saturated heterocycles. The molecule has 0 aromatic carbocycles. The van der Waals surface area contributed by atoms with E-state index in [-0.39, 0.29) is 23.5 Å². The predicted octanol–water partition coefficient (Wildman–Crippen LogP) is 2.60. The molecule has 0 aliphatic heterocycles. The summed E-state index contributed by atoms with van der Waals surface area (Å²) in [6.07, 6.45) is 1.07. The van der Waals surface area contributed by atoms with Crippen LogP contribution in [0.1, 0.15) is 54.4 Å². The molecular weight excluding hydrogens is 240 g/mol. The summed E-state index contributed by atoms with van der Waals surface area (Å²) in [5, 5.41) is 21.2. The zero-order valence-corrected chi connectivity index (χ0v) is 13.2. The molecule has 3 rings (SSSR count). The Morgan fingerprint density at radius 3 is 2.32 bits per heavy atom. The van der Waals surface area contributed by atoms with Crippen molar-refractivity contribution in [1.82, 2.24) is 0 Å². The van der Waals surface area contributed by atoms with E-state index < -0.39 is 11.7 Å². The van der Waals surface area contributed by atoms with Gasteiger partial charge < -0.3 is 14.9 Å². The van der Waals surface area contributed by atoms with Gasteiger partial charge in [0, 0.05) is 0 Å². The molecule has 0 spiro atoms. The van der Waals surface area contributed by atoms with Crippen LogP contribution in [0, 0.1) is 23.2 Å². The molecule has 0 amide bonds. The van der Waals surface area contributed by atoms with Crippen molar-refractivity contribution in [3.05, 3.63) is 0 Å². The Morgan fingerprint density at radius 1 is 1.26 bits per heavy atom. The molecule has 0 radical (unpaired) electrons. The summed E-state index contributed by atoms with van der Waals surface area (Å²) < 4.78 is 5.98. The Labute approximate surface area is 117 Å². The first-order valence-electron chi connectivity index (χ1n) is 7.56. The molecule has 4 atom stereocenters. The molecular formula is C16H30O3. The molecule has 3 saturated carbocycles. The molecule has 2 bridgehead atoms. The van der Waals surface area contributed by atoms with Gasteiger partial charge in [-0.25, -0.2) is 0 Å². The molecule has 0 unspecified atom stereocenters. The van der Waals surface area contributed by atoms with Gasteiger partial charge in [-0.15, -0.1) is 0 Å². The normalized spacial score (nSPS) is 41.2. The number of hydrogen-bond donors (Lipinski definition) is 2. The van der Waals surface area contributed by atoms with Gasteiger partial charge >= 0.3 is 0 Å². The molecule has 19 heavy (non-hydrogen) atoms. The SMILES string of the molecule is CC(C)C(C)(C)OC[C@@]1(O)[C@@H]2C[C@H](C[C@@H]1O)C2(C)C. The standard InChI is InChI=1S/C16H30O3/c1-10(2)15(5,6)19-9-16(18)12-7-11(8-13(16)17)14(12,3)4/h10-13,17-18H,7-9H2,1-6H3/t11-,12-,13+,16-/m1/s1. The van der Waals surface area contributed by atoms with Gasteiger partial charge in [0.15, 0.2) is 0 Å². The van der Waals surface area contributed by atoms with E-state index in [1.807, 2.05) is 13.8 Å². The van der Waals surface area contributed by atoms with E-state index in [4.69, 9.17) is 4.74 Å². The highest BCUT2D eigenvalue weighted by Crippen LogP contribution is 2.62. The molecule has 3 aliphatic carbocycles. The molecule has 0 aromatic heterocycles. The Hall–Kier alpha value is -0.120. The monoisotopic (exact) mass is 270 g/mol. The second-order valence-corrected chi connectivity index (χ2v) is 8.10. The smallest absolute Gasteiger partial charge is 0.117 e. The van der Waals surface area contributed by atoms with Gasteiger partial charge in [-0.05, 0) is 49.9 Å². The summed E-state index contributed by atoms with van der Waals surface area (Å²) in [5.41, 5.74) is -1.23. The van der Waals surface area contributed by atoms with E-state index >= 15 is 0 Å². The average molecular weight is 270 g/mol. The molecule has 2 N–H and O–H groups in total. The van der Waals surface area contributed by atoms with Crippen LogP contribution < -0.4 is 0 Å². The number of hydrogen-bond acceptors (Lipinski definition) is 3. The van der Waals surface area contributed by atoms with Crippen molar-refractivity contribution in [3.8, 4) is 0 Å². The third-order valence-corrected chi connectivity index (χ3v) is 6.22. The first-order chi connectivity index (χ1) is 8.52. The lowest BCUT2D eigenvalue weighted by Gasteiger charge is -2.65. The van der Waals surface area contributed by atoms with Crippen LogP contribution >= 0.6 is 0 Å². The predicted molar refractivity (Wildman–Crippen MR) is 75.8 cm³/mol. The van der Waals surface area contributed by atoms with Crippen molar-refractivity contribution >= 4 is 0 Å². The minimum atomic E-state index is -1.08. The Balaban J connectivity index is 2.09. The first-order valence-corrected chi connectivity index (χ1v) is 7.56. The van der Waals surface area contributed by atoms with Crippen LogP contribution in [0.2, 0.25) is 0 Å². The number of aliphatic hydroxyl groups excluding tert-OH is 1. The lowest BCUT2D eigenvalue weighted by atomic mass is 9.43. The van der Waals surface area contributed by atoms with Crippen molar-refractivity contribution in [2.75, 3.05) is 6.61 Å². The van der Waals surface area contributed by atoms with Gasteiger partial charge in [0.2, 0.25) is 0 Å². The molecule has 0 heterocycles. The fourth-order valence-electron chi connectivity index (χ4n) is 3.64. The highest BCUT2D eigenvalue weighted by molar-refractivity contribution is 5.14. The van der Waals surface area contributed by atoms with Crippen LogP contribution in [0.5, 0.6) is 0 Å². The third-order valence-electron chi connectivity index (χ3n) is 6.22. The summed E-state index contributed by atoms with van der Waals surface area (Å²) in [6, 6.07) is 0. The van der Waals surface area contributed by atoms with Gasteiger partial charge in [-0.3, -0.25) is 0 Å². The van der Waals surface area contributed by atoms with Crippen LogP contribution in [-0.2, 0) is 4.74 Å². The second kappa shape index (κ2) is 4.44. The zero-order chi connectivity index (χ0) is 14.6. The Bertz CT molecular complexity index is 348. The van der Waals surface area contributed by atoms with Crippen molar-refractivity contribution in [3.63, 3.8) is 0 Å². The van der Waals surface area contributed by atoms with Gasteiger partial charge in [-0.1, -0.05) is 27.7 Å². The van der Waals surface area contributed by atoms with E-state index in [0.29, 0.717) is 18.3 Å². The Kier molecular flexibility index (Phi) is 3.57. The van der Waals surface area contributed by atoms with Crippen LogP contribution in [0.4, 0.5) is 0 Å². The zero-order valence-electron chi connectivity index (χ0n) is 13.2. The topological polar surface area (TPSA) is 49.7 Å². The summed E-state index contributed by atoms with van der Waals surface area (Å²) in [7, 11) is 0. The minimum Gasteiger partial charge on any atom is -0.390 e. The highest BCUT2D eigenvalue weighted by atomic mass is 16.5. The summed E-state index contributed by atoms with van der Waals surface area (Å²) in [4.78, 5) is 0. The van der Waals surface area contributed by atoms with Crippen LogP contribution in [0.3, 0.4) is 0 Å². The quantitative estimate of drug-likeness (QED) is 0.825. The van der Waals surface area contributed by atoms with Crippen LogP contribution in [-0.4, -0.2) is 34.1 Å². The maximum atomic E-state index is 11.0. The van der Waals surface area contributed by atoms with Gasteiger partial charge in [0.25, 0.3) is 0 Å². The van der Waals surface area contributed by atoms with Crippen molar-refractivity contribution in [2.24, 2.45) is 23.2 Å². The maximum absolute atomic E-state index is 11.0. The van der Waals surface area contributed by atoms with Crippen LogP contribution in [0.15, 0.2) is 0 Å². The fraction of sp³-hybridized carbons (Fsp3) is 1.00. The van der Waals surface area contributed by atoms with Crippen molar-refractivity contribution in [2.45, 2.75) is 71.7 Å². The first kappa shape index (κ1) is 15.3. The number of ether oxygens (including phenoxy) is 1. The van der Waals surface area contributed by atoms with Gasteiger partial charge in [0.1, 0.15) is 5.60 Å². The molecule has 112 valence electrons. The fourth-order valence-corrected chi connectivity index (χ4v) is 3.64. The maximum Gasteiger partial charge on any atom is 0.117 e. The molecule has 3 fully saturated rings.